The average molecular weight is 480 g/mol. The van der Waals surface area contributed by atoms with E-state index in [0.29, 0.717) is 0 Å². The molecule has 0 fully saturated rings. The molecule has 0 aliphatic rings. The minimum atomic E-state index is 0.0849. The number of aromatic nitrogens is 2. The summed E-state index contributed by atoms with van der Waals surface area (Å²) in [4.78, 5) is 5.49. The van der Waals surface area contributed by atoms with Crippen molar-refractivity contribution in [3.05, 3.63) is 81.8 Å². The Balaban J connectivity index is 1.75. The third-order valence-electron chi connectivity index (χ3n) is 4.11. The first-order valence-electron chi connectivity index (χ1n) is 8.17. The highest BCUT2D eigenvalue weighted by molar-refractivity contribution is 9.10. The van der Waals surface area contributed by atoms with Gasteiger partial charge in [-0.2, -0.15) is 0 Å². The van der Waals surface area contributed by atoms with Crippen molar-refractivity contribution in [1.82, 2.24) is 9.55 Å². The van der Waals surface area contributed by atoms with E-state index < -0.39 is 0 Å². The number of hydrogen-bond acceptors (Lipinski definition) is 2. The molecule has 0 aliphatic carbocycles. The van der Waals surface area contributed by atoms with Crippen molar-refractivity contribution in [3.8, 4) is 0 Å². The molecule has 0 saturated carbocycles. The third-order valence-corrected chi connectivity index (χ3v) is 6.50. The molecule has 5 heteroatoms. The van der Waals surface area contributed by atoms with E-state index in [1.54, 1.807) is 0 Å². The van der Waals surface area contributed by atoms with Crippen LogP contribution in [0.15, 0.2) is 81.1 Å². The van der Waals surface area contributed by atoms with Crippen molar-refractivity contribution in [2.75, 3.05) is 0 Å². The van der Waals surface area contributed by atoms with Crippen LogP contribution in [0, 0.1) is 0 Å². The van der Waals surface area contributed by atoms with E-state index in [-0.39, 0.29) is 4.75 Å². The van der Waals surface area contributed by atoms with E-state index in [1.807, 2.05) is 30.5 Å². The zero-order valence-corrected chi connectivity index (χ0v) is 18.0. The van der Waals surface area contributed by atoms with Crippen LogP contribution in [0.3, 0.4) is 0 Å². The highest BCUT2D eigenvalue weighted by Crippen LogP contribution is 2.38. The lowest BCUT2D eigenvalue weighted by Gasteiger charge is -2.30. The van der Waals surface area contributed by atoms with Crippen LogP contribution in [-0.4, -0.2) is 14.3 Å². The zero-order valence-electron chi connectivity index (χ0n) is 14.0. The Hall–Kier alpha value is -1.04. The first kappa shape index (κ1) is 18.7. The Morgan fingerprint density at radius 3 is 2.24 bits per heavy atom. The number of rotatable bonds is 7. The summed E-state index contributed by atoms with van der Waals surface area (Å²) < 4.78 is 4.50. The lowest BCUT2D eigenvalue weighted by molar-refractivity contribution is 0.495. The molecule has 1 unspecified atom stereocenters. The van der Waals surface area contributed by atoms with Crippen LogP contribution in [0.5, 0.6) is 0 Å². The molecule has 0 radical (unpaired) electrons. The minimum absolute atomic E-state index is 0.0849. The van der Waals surface area contributed by atoms with Crippen LogP contribution in [0.4, 0.5) is 0 Å². The van der Waals surface area contributed by atoms with Crippen LogP contribution < -0.4 is 0 Å². The largest absolute Gasteiger partial charge is 0.336 e. The summed E-state index contributed by atoms with van der Waals surface area (Å²) >= 11 is 8.96. The number of thioether (sulfide) groups is 1. The zero-order chi connectivity index (χ0) is 17.7. The number of hydrogen-bond donors (Lipinski definition) is 0. The molecule has 0 spiro atoms. The fourth-order valence-corrected chi connectivity index (χ4v) is 4.56. The number of nitrogens with zero attached hydrogens (tertiary/aromatic N) is 2. The Labute approximate surface area is 170 Å². The molecule has 0 N–H and O–H groups in total. The maximum atomic E-state index is 4.20. The van der Waals surface area contributed by atoms with Gasteiger partial charge in [0.05, 0.1) is 6.33 Å². The average Bonchev–Trinajstić information content (AvgIpc) is 3.09. The van der Waals surface area contributed by atoms with Gasteiger partial charge in [-0.3, -0.25) is 0 Å². The van der Waals surface area contributed by atoms with Crippen LogP contribution in [0.25, 0.3) is 0 Å². The van der Waals surface area contributed by atoms with Gasteiger partial charge in [-0.25, -0.2) is 4.98 Å². The SMILES string of the molecule is CC(CCc1ccc(Br)cc1)(Cn1ccnc1)Sc1ccc(Br)cc1. The van der Waals surface area contributed by atoms with Gasteiger partial charge in [0.1, 0.15) is 0 Å². The van der Waals surface area contributed by atoms with E-state index >= 15 is 0 Å². The summed E-state index contributed by atoms with van der Waals surface area (Å²) in [7, 11) is 0. The second-order valence-electron chi connectivity index (χ2n) is 6.37. The highest BCUT2D eigenvalue weighted by atomic mass is 79.9. The molecule has 3 aromatic rings. The van der Waals surface area contributed by atoms with Gasteiger partial charge in [0.25, 0.3) is 0 Å². The van der Waals surface area contributed by atoms with Crippen molar-refractivity contribution < 1.29 is 0 Å². The van der Waals surface area contributed by atoms with Crippen LogP contribution >= 0.6 is 43.6 Å². The summed E-state index contributed by atoms with van der Waals surface area (Å²) in [5.74, 6) is 0. The molecule has 0 bridgehead atoms. The maximum absolute atomic E-state index is 4.20. The fourth-order valence-electron chi connectivity index (χ4n) is 2.78. The van der Waals surface area contributed by atoms with Gasteiger partial charge in [-0.1, -0.05) is 44.0 Å². The highest BCUT2D eigenvalue weighted by Gasteiger charge is 2.26. The predicted octanol–water partition coefficient (Wildman–Crippen LogP) is 6.59. The van der Waals surface area contributed by atoms with Crippen LogP contribution in [0.1, 0.15) is 18.9 Å². The molecule has 3 rings (SSSR count). The number of imidazole rings is 1. The van der Waals surface area contributed by atoms with Crippen molar-refractivity contribution in [2.45, 2.75) is 36.0 Å². The Kier molecular flexibility index (Phi) is 6.42. The van der Waals surface area contributed by atoms with Gasteiger partial charge in [0, 0.05) is 37.5 Å². The maximum Gasteiger partial charge on any atom is 0.0946 e. The number of benzene rings is 2. The molecular weight excluding hydrogens is 460 g/mol. The van der Waals surface area contributed by atoms with Crippen molar-refractivity contribution in [3.63, 3.8) is 0 Å². The molecule has 2 nitrogen and oxygen atoms in total. The van der Waals surface area contributed by atoms with Gasteiger partial charge < -0.3 is 4.57 Å². The van der Waals surface area contributed by atoms with Gasteiger partial charge >= 0.3 is 0 Å². The topological polar surface area (TPSA) is 17.8 Å². The quantitative estimate of drug-likeness (QED) is 0.355. The standard InChI is InChI=1S/C20H20Br2N2S/c1-20(14-24-13-12-23-15-24,25-19-8-6-18(22)7-9-19)11-10-16-2-4-17(21)5-3-16/h2-9,12-13,15H,10-11,14H2,1H3. The second kappa shape index (κ2) is 8.56. The minimum Gasteiger partial charge on any atom is -0.336 e. The smallest absolute Gasteiger partial charge is 0.0946 e. The summed E-state index contributed by atoms with van der Waals surface area (Å²) in [6.07, 6.45) is 7.94. The normalized spacial score (nSPS) is 13.6. The van der Waals surface area contributed by atoms with Gasteiger partial charge in [-0.05, 0) is 61.7 Å². The molecule has 1 heterocycles. The van der Waals surface area contributed by atoms with Crippen molar-refractivity contribution >= 4 is 43.6 Å². The lowest BCUT2D eigenvalue weighted by Crippen LogP contribution is -2.27. The molecule has 1 atom stereocenters. The van der Waals surface area contributed by atoms with E-state index in [9.17, 15) is 0 Å². The summed E-state index contributed by atoms with van der Waals surface area (Å²) in [5.41, 5.74) is 1.37. The molecule has 0 saturated heterocycles. The summed E-state index contributed by atoms with van der Waals surface area (Å²) in [6, 6.07) is 17.2. The summed E-state index contributed by atoms with van der Waals surface area (Å²) in [5, 5.41) is 0. The van der Waals surface area contributed by atoms with E-state index in [0.717, 1.165) is 28.3 Å². The fraction of sp³-hybridized carbons (Fsp3) is 0.250. The Morgan fingerprint density at radius 2 is 1.64 bits per heavy atom. The summed E-state index contributed by atoms with van der Waals surface area (Å²) in [6.45, 7) is 3.28. The number of halogens is 2. The molecule has 0 amide bonds. The van der Waals surface area contributed by atoms with E-state index in [4.69, 9.17) is 0 Å². The first-order chi connectivity index (χ1) is 12.0. The van der Waals surface area contributed by atoms with E-state index in [1.165, 1.54) is 10.5 Å². The molecule has 2 aromatic carbocycles. The lowest BCUT2D eigenvalue weighted by atomic mass is 10.00. The molecule has 130 valence electrons. The van der Waals surface area contributed by atoms with E-state index in [2.05, 4.69) is 96.9 Å². The third kappa shape index (κ3) is 5.73. The molecule has 1 aromatic heterocycles. The van der Waals surface area contributed by atoms with Gasteiger partial charge in [0.2, 0.25) is 0 Å². The molecule has 0 aliphatic heterocycles. The first-order valence-corrected chi connectivity index (χ1v) is 10.6. The number of aryl methyl sites for hydroxylation is 1. The Morgan fingerprint density at radius 1 is 1.00 bits per heavy atom. The van der Waals surface area contributed by atoms with Gasteiger partial charge in [-0.15, -0.1) is 11.8 Å². The Bertz CT molecular complexity index is 786. The van der Waals surface area contributed by atoms with Gasteiger partial charge in [0.15, 0.2) is 0 Å². The molecule has 25 heavy (non-hydrogen) atoms. The van der Waals surface area contributed by atoms with Crippen molar-refractivity contribution in [2.24, 2.45) is 0 Å². The van der Waals surface area contributed by atoms with Crippen LogP contribution in [-0.2, 0) is 13.0 Å². The monoisotopic (exact) mass is 478 g/mol. The van der Waals surface area contributed by atoms with Crippen LogP contribution in [0.2, 0.25) is 0 Å². The van der Waals surface area contributed by atoms with Crippen molar-refractivity contribution in [1.29, 1.82) is 0 Å². The second-order valence-corrected chi connectivity index (χ2v) is 9.86. The predicted molar refractivity (Wildman–Crippen MR) is 113 cm³/mol. The molecular formula is C20H20Br2N2S.